The highest BCUT2D eigenvalue weighted by atomic mass is 32.2. The lowest BCUT2D eigenvalue weighted by Gasteiger charge is -2.41. The number of carbonyl (C=O) groups is 2. The van der Waals surface area contributed by atoms with Crippen LogP contribution in [0, 0.1) is 16.7 Å². The number of sulfonamides is 1. The summed E-state index contributed by atoms with van der Waals surface area (Å²) < 4.78 is 37.2. The molecule has 274 valence electrons. The van der Waals surface area contributed by atoms with Crippen molar-refractivity contribution in [2.24, 2.45) is 5.41 Å². The Labute approximate surface area is 307 Å². The number of carbonyl (C=O) groups excluding carboxylic acids is 1. The number of aromatic nitrogens is 1. The third-order valence-electron chi connectivity index (χ3n) is 10.6. The average Bonchev–Trinajstić information content (AvgIpc) is 3.49. The quantitative estimate of drug-likeness (QED) is 0.183. The number of aliphatic carboxylic acids is 1. The highest BCUT2D eigenvalue weighted by Crippen LogP contribution is 2.49. The molecule has 0 bridgehead atoms. The molecule has 0 amide bonds. The van der Waals surface area contributed by atoms with Gasteiger partial charge in [0.05, 0.1) is 17.2 Å². The molecule has 1 aromatic heterocycles. The van der Waals surface area contributed by atoms with E-state index in [-0.39, 0.29) is 41.8 Å². The number of ether oxygens (including phenoxy) is 1. The van der Waals surface area contributed by atoms with Gasteiger partial charge in [0.25, 0.3) is 5.56 Å². The van der Waals surface area contributed by atoms with E-state index in [1.807, 2.05) is 50.2 Å². The van der Waals surface area contributed by atoms with Crippen LogP contribution in [-0.4, -0.2) is 47.0 Å². The molecule has 1 N–H and O–H groups in total. The fraction of sp³-hybridized carbons (Fsp3) is 0.350. The SMILES string of the molecule is CC[C@@](OC(=O)[C@H]1Cc2ccccc2CN1S(=O)(=O)c1ccc(-c2ccccc2)cc1)(C(=O)O)c1cc2n(c(=O)c1C#N)CCC21CC(C)(C)COO1. The molecular formula is C40H39N3O9S. The van der Waals surface area contributed by atoms with E-state index in [2.05, 4.69) is 0 Å². The fourth-order valence-electron chi connectivity index (χ4n) is 7.92. The van der Waals surface area contributed by atoms with Gasteiger partial charge in [0, 0.05) is 31.5 Å². The number of nitrogens with zero attached hydrogens (tertiary/aromatic N) is 3. The van der Waals surface area contributed by atoms with Crippen LogP contribution in [-0.2, 0) is 64.8 Å². The molecule has 4 heterocycles. The van der Waals surface area contributed by atoms with E-state index in [1.54, 1.807) is 36.4 Å². The second-order valence-corrected chi connectivity index (χ2v) is 16.5. The normalized spacial score (nSPS) is 21.9. The maximum absolute atomic E-state index is 14.5. The Kier molecular flexibility index (Phi) is 9.14. The van der Waals surface area contributed by atoms with E-state index in [0.29, 0.717) is 36.3 Å². The minimum absolute atomic E-state index is 0.0596. The summed E-state index contributed by atoms with van der Waals surface area (Å²) in [5.41, 5.74) is -2.15. The van der Waals surface area contributed by atoms with Crippen LogP contribution >= 0.6 is 0 Å². The minimum atomic E-state index is -4.35. The molecule has 3 aliphatic rings. The molecule has 0 aliphatic carbocycles. The van der Waals surface area contributed by atoms with Gasteiger partial charge in [-0.2, -0.15) is 9.57 Å². The monoisotopic (exact) mass is 737 g/mol. The van der Waals surface area contributed by atoms with Gasteiger partial charge in [0.2, 0.25) is 15.6 Å². The predicted molar refractivity (Wildman–Crippen MR) is 191 cm³/mol. The van der Waals surface area contributed by atoms with Gasteiger partial charge in [0.15, 0.2) is 0 Å². The molecule has 3 aliphatic heterocycles. The Morgan fingerprint density at radius 1 is 1.02 bits per heavy atom. The third kappa shape index (κ3) is 6.15. The van der Waals surface area contributed by atoms with Gasteiger partial charge in [0.1, 0.15) is 23.3 Å². The largest absolute Gasteiger partial charge is 0.478 e. The van der Waals surface area contributed by atoms with Crippen molar-refractivity contribution in [3.05, 3.63) is 123 Å². The van der Waals surface area contributed by atoms with Crippen molar-refractivity contribution < 1.29 is 37.6 Å². The van der Waals surface area contributed by atoms with Gasteiger partial charge in [-0.25, -0.2) is 23.0 Å². The van der Waals surface area contributed by atoms with Crippen LogP contribution in [0.15, 0.2) is 94.6 Å². The van der Waals surface area contributed by atoms with Gasteiger partial charge in [-0.3, -0.25) is 9.59 Å². The number of benzene rings is 3. The van der Waals surface area contributed by atoms with Crippen LogP contribution in [0.25, 0.3) is 11.1 Å². The van der Waals surface area contributed by atoms with Crippen molar-refractivity contribution in [3.8, 4) is 17.2 Å². The molecule has 53 heavy (non-hydrogen) atoms. The van der Waals surface area contributed by atoms with Crippen LogP contribution in [0.4, 0.5) is 0 Å². The number of esters is 1. The summed E-state index contributed by atoms with van der Waals surface area (Å²) in [6.45, 7) is 5.76. The molecule has 0 saturated carbocycles. The van der Waals surface area contributed by atoms with E-state index < -0.39 is 50.3 Å². The first kappa shape index (κ1) is 36.2. The lowest BCUT2D eigenvalue weighted by Crippen LogP contribution is -2.52. The van der Waals surface area contributed by atoms with Gasteiger partial charge in [-0.1, -0.05) is 87.5 Å². The van der Waals surface area contributed by atoms with Crippen molar-refractivity contribution in [2.75, 3.05) is 6.61 Å². The number of pyridine rings is 1. The van der Waals surface area contributed by atoms with Crippen LogP contribution in [0.2, 0.25) is 0 Å². The Morgan fingerprint density at radius 2 is 1.68 bits per heavy atom. The second kappa shape index (κ2) is 13.4. The van der Waals surface area contributed by atoms with Gasteiger partial charge in [-0.05, 0) is 58.7 Å². The zero-order valence-electron chi connectivity index (χ0n) is 29.6. The summed E-state index contributed by atoms with van der Waals surface area (Å²) in [4.78, 5) is 53.1. The number of rotatable bonds is 8. The summed E-state index contributed by atoms with van der Waals surface area (Å²) in [6.07, 6.45) is 0.305. The number of nitriles is 1. The zero-order valence-corrected chi connectivity index (χ0v) is 30.4. The molecule has 13 heteroatoms. The van der Waals surface area contributed by atoms with Gasteiger partial charge < -0.3 is 14.4 Å². The van der Waals surface area contributed by atoms with Crippen molar-refractivity contribution in [1.29, 1.82) is 5.26 Å². The third-order valence-corrected chi connectivity index (χ3v) is 12.5. The van der Waals surface area contributed by atoms with Crippen LogP contribution in [0.5, 0.6) is 0 Å². The number of carboxylic acid groups (broad SMARTS) is 1. The first-order valence-corrected chi connectivity index (χ1v) is 18.9. The first-order valence-electron chi connectivity index (χ1n) is 17.5. The average molecular weight is 738 g/mol. The fourth-order valence-corrected chi connectivity index (χ4v) is 9.47. The number of carboxylic acids is 1. The Balaban J connectivity index is 1.30. The van der Waals surface area contributed by atoms with Crippen LogP contribution < -0.4 is 5.56 Å². The highest BCUT2D eigenvalue weighted by molar-refractivity contribution is 7.89. The summed E-state index contributed by atoms with van der Waals surface area (Å²) in [5.74, 6) is -2.75. The van der Waals surface area contributed by atoms with E-state index in [4.69, 9.17) is 14.5 Å². The maximum Gasteiger partial charge on any atom is 0.353 e. The number of hydrogen-bond donors (Lipinski definition) is 1. The van der Waals surface area contributed by atoms with E-state index in [0.717, 1.165) is 15.4 Å². The lowest BCUT2D eigenvalue weighted by molar-refractivity contribution is -0.410. The van der Waals surface area contributed by atoms with Crippen LogP contribution in [0.1, 0.15) is 68.0 Å². The number of hydrogen-bond acceptors (Lipinski definition) is 9. The number of fused-ring (bicyclic) bond motifs is 3. The van der Waals surface area contributed by atoms with E-state index in [9.17, 15) is 33.2 Å². The molecule has 1 fully saturated rings. The minimum Gasteiger partial charge on any atom is -0.478 e. The Bertz CT molecular complexity index is 2320. The maximum atomic E-state index is 14.5. The van der Waals surface area contributed by atoms with Crippen molar-refractivity contribution in [1.82, 2.24) is 8.87 Å². The molecule has 0 radical (unpaired) electrons. The van der Waals surface area contributed by atoms with Crippen molar-refractivity contribution in [3.63, 3.8) is 0 Å². The van der Waals surface area contributed by atoms with E-state index >= 15 is 0 Å². The molecular weight excluding hydrogens is 699 g/mol. The van der Waals surface area contributed by atoms with Crippen molar-refractivity contribution in [2.45, 2.75) is 81.7 Å². The Hall–Kier alpha value is -5.13. The molecule has 7 rings (SSSR count). The summed E-state index contributed by atoms with van der Waals surface area (Å²) in [5, 5.41) is 21.1. The summed E-state index contributed by atoms with van der Waals surface area (Å²) in [6, 6.07) is 24.7. The standard InChI is InChI=1S/C40H39N3O9S/c1-4-40(37(46)47,32-21-34-39(24-38(2,3)25-50-52-39)18-19-42(34)35(44)31(32)22-41)51-36(45)33-20-28-12-8-9-13-29(28)23-43(33)53(48,49)30-16-14-27(15-17-30)26-10-6-5-7-11-26/h5-17,21,33H,4,18-20,23-25H2,1-3H3,(H,46,47)/t33-,39?,40+/m1/s1. The Morgan fingerprint density at radius 3 is 2.32 bits per heavy atom. The molecule has 3 atom stereocenters. The smallest absolute Gasteiger partial charge is 0.353 e. The summed E-state index contributed by atoms with van der Waals surface area (Å²) >= 11 is 0. The van der Waals surface area contributed by atoms with E-state index in [1.165, 1.54) is 29.7 Å². The molecule has 1 unspecified atom stereocenters. The first-order chi connectivity index (χ1) is 25.2. The molecule has 1 spiro atoms. The zero-order chi connectivity index (χ0) is 37.8. The molecule has 12 nitrogen and oxygen atoms in total. The van der Waals surface area contributed by atoms with Gasteiger partial charge >= 0.3 is 11.9 Å². The van der Waals surface area contributed by atoms with Gasteiger partial charge in [-0.15, -0.1) is 0 Å². The van der Waals surface area contributed by atoms with Crippen LogP contribution in [0.3, 0.4) is 0 Å². The predicted octanol–water partition coefficient (Wildman–Crippen LogP) is 5.41. The lowest BCUT2D eigenvalue weighted by atomic mass is 9.77. The highest BCUT2D eigenvalue weighted by Gasteiger charge is 2.54. The topological polar surface area (TPSA) is 165 Å². The molecule has 4 aromatic rings. The van der Waals surface area contributed by atoms with Crippen molar-refractivity contribution >= 4 is 22.0 Å². The molecule has 1 saturated heterocycles. The second-order valence-electron chi connectivity index (χ2n) is 14.7. The molecule has 3 aromatic carbocycles. The summed E-state index contributed by atoms with van der Waals surface area (Å²) in [7, 11) is -4.35.